The summed E-state index contributed by atoms with van der Waals surface area (Å²) in [6, 6.07) is 6.20. The van der Waals surface area contributed by atoms with Crippen LogP contribution >= 0.6 is 0 Å². The molecule has 2 nitrogen and oxygen atoms in total. The Morgan fingerprint density at radius 2 is 2.00 bits per heavy atom. The van der Waals surface area contributed by atoms with Crippen molar-refractivity contribution in [1.82, 2.24) is 4.72 Å². The Morgan fingerprint density at radius 1 is 1.38 bits per heavy atom. The molecule has 0 spiro atoms. The quantitative estimate of drug-likeness (QED) is 0.869. The lowest BCUT2D eigenvalue weighted by Crippen LogP contribution is -2.34. The number of nitrogens with one attached hydrogen (secondary N) is 1. The molecule has 1 N–H and O–H groups in total. The summed E-state index contributed by atoms with van der Waals surface area (Å²) in [6.45, 7) is 7.57. The Hall–Kier alpha value is -0.740. The lowest BCUT2D eigenvalue weighted by atomic mass is 10.1. The van der Waals surface area contributed by atoms with Gasteiger partial charge in [0.05, 0.1) is 15.7 Å². The molecule has 0 radical (unpaired) electrons. The third kappa shape index (κ3) is 3.68. The highest BCUT2D eigenvalue weighted by Crippen LogP contribution is 2.17. The molecule has 0 aromatic heterocycles. The molecule has 90 valence electrons. The van der Waals surface area contributed by atoms with Gasteiger partial charge in [0.15, 0.2) is 0 Å². The standard InChI is InChI=1S/C12H18FNOS/c1-9(14-16(15)12(2,3)4)10-6-5-7-11(13)8-10/h5-9,14H,1-4H3/t9-,16+/m1/s1. The molecular weight excluding hydrogens is 225 g/mol. The highest BCUT2D eigenvalue weighted by atomic mass is 32.2. The lowest BCUT2D eigenvalue weighted by Gasteiger charge is -2.22. The summed E-state index contributed by atoms with van der Waals surface area (Å²) >= 11 is 0. The van der Waals surface area contributed by atoms with Gasteiger partial charge in [0.25, 0.3) is 0 Å². The van der Waals surface area contributed by atoms with Crippen molar-refractivity contribution < 1.29 is 8.60 Å². The summed E-state index contributed by atoms with van der Waals surface area (Å²) in [7, 11) is -1.15. The zero-order valence-electron chi connectivity index (χ0n) is 10.1. The Kier molecular flexibility index (Phi) is 4.21. The number of hydrogen-bond donors (Lipinski definition) is 1. The van der Waals surface area contributed by atoms with E-state index in [9.17, 15) is 8.60 Å². The second kappa shape index (κ2) is 5.06. The predicted molar refractivity (Wildman–Crippen MR) is 65.8 cm³/mol. The van der Waals surface area contributed by atoms with Crippen molar-refractivity contribution in [3.63, 3.8) is 0 Å². The summed E-state index contributed by atoms with van der Waals surface area (Å²) in [4.78, 5) is 0. The molecule has 0 saturated heterocycles. The van der Waals surface area contributed by atoms with Gasteiger partial charge in [-0.05, 0) is 45.4 Å². The molecule has 4 heteroatoms. The smallest absolute Gasteiger partial charge is 0.123 e. The van der Waals surface area contributed by atoms with Crippen molar-refractivity contribution in [3.05, 3.63) is 35.6 Å². The van der Waals surface area contributed by atoms with Gasteiger partial charge in [-0.2, -0.15) is 0 Å². The zero-order chi connectivity index (χ0) is 12.3. The average molecular weight is 243 g/mol. The molecule has 16 heavy (non-hydrogen) atoms. The van der Waals surface area contributed by atoms with Gasteiger partial charge in [-0.1, -0.05) is 12.1 Å². The number of halogens is 1. The molecule has 0 heterocycles. The van der Waals surface area contributed by atoms with E-state index in [4.69, 9.17) is 0 Å². The van der Waals surface area contributed by atoms with E-state index in [0.29, 0.717) is 0 Å². The van der Waals surface area contributed by atoms with Gasteiger partial charge in [-0.25, -0.2) is 13.3 Å². The first-order chi connectivity index (χ1) is 7.30. The van der Waals surface area contributed by atoms with E-state index in [1.807, 2.05) is 33.8 Å². The van der Waals surface area contributed by atoms with Crippen molar-refractivity contribution in [2.75, 3.05) is 0 Å². The van der Waals surface area contributed by atoms with E-state index in [1.54, 1.807) is 6.07 Å². The molecule has 1 aromatic rings. The lowest BCUT2D eigenvalue weighted by molar-refractivity contribution is 0.605. The van der Waals surface area contributed by atoms with Crippen LogP contribution in [0.5, 0.6) is 0 Å². The maximum atomic E-state index is 13.0. The molecule has 1 rings (SSSR count). The molecule has 0 saturated carbocycles. The van der Waals surface area contributed by atoms with Crippen LogP contribution in [-0.2, 0) is 11.0 Å². The van der Waals surface area contributed by atoms with Gasteiger partial charge in [-0.3, -0.25) is 0 Å². The van der Waals surface area contributed by atoms with Crippen LogP contribution < -0.4 is 4.72 Å². The van der Waals surface area contributed by atoms with Crippen LogP contribution in [0.1, 0.15) is 39.3 Å². The first kappa shape index (κ1) is 13.3. The summed E-state index contributed by atoms with van der Waals surface area (Å²) in [6.07, 6.45) is 0. The third-order valence-electron chi connectivity index (χ3n) is 2.19. The predicted octanol–water partition coefficient (Wildman–Crippen LogP) is 2.94. The number of benzene rings is 1. The fraction of sp³-hybridized carbons (Fsp3) is 0.500. The van der Waals surface area contributed by atoms with Crippen LogP contribution in [0, 0.1) is 5.82 Å². The molecule has 0 bridgehead atoms. The van der Waals surface area contributed by atoms with Gasteiger partial charge in [0.2, 0.25) is 0 Å². The number of hydrogen-bond acceptors (Lipinski definition) is 1. The van der Waals surface area contributed by atoms with E-state index in [-0.39, 0.29) is 16.6 Å². The van der Waals surface area contributed by atoms with Crippen LogP contribution in [0.25, 0.3) is 0 Å². The number of rotatable bonds is 3. The Bertz CT molecular complexity index is 387. The van der Waals surface area contributed by atoms with E-state index in [0.717, 1.165) is 5.56 Å². The summed E-state index contributed by atoms with van der Waals surface area (Å²) in [5.41, 5.74) is 0.803. The molecular formula is C12H18FNOS. The minimum atomic E-state index is -1.15. The average Bonchev–Trinajstić information content (AvgIpc) is 2.16. The van der Waals surface area contributed by atoms with Crippen LogP contribution in [-0.4, -0.2) is 8.96 Å². The Balaban J connectivity index is 2.73. The monoisotopic (exact) mass is 243 g/mol. The maximum Gasteiger partial charge on any atom is 0.123 e. The van der Waals surface area contributed by atoms with Crippen molar-refractivity contribution in [1.29, 1.82) is 0 Å². The minimum absolute atomic E-state index is 0.129. The maximum absolute atomic E-state index is 13.0. The van der Waals surface area contributed by atoms with E-state index >= 15 is 0 Å². The van der Waals surface area contributed by atoms with Crippen LogP contribution in [0.2, 0.25) is 0 Å². The van der Waals surface area contributed by atoms with Crippen molar-refractivity contribution in [3.8, 4) is 0 Å². The first-order valence-corrected chi connectivity index (χ1v) is 6.39. The zero-order valence-corrected chi connectivity index (χ0v) is 10.9. The summed E-state index contributed by atoms with van der Waals surface area (Å²) in [5.74, 6) is -0.271. The van der Waals surface area contributed by atoms with Crippen molar-refractivity contribution in [2.45, 2.75) is 38.5 Å². The second-order valence-corrected chi connectivity index (χ2v) is 6.77. The Labute approximate surface area is 98.8 Å². The summed E-state index contributed by atoms with van der Waals surface area (Å²) < 4.78 is 27.5. The van der Waals surface area contributed by atoms with Crippen LogP contribution in [0.15, 0.2) is 24.3 Å². The van der Waals surface area contributed by atoms with Gasteiger partial charge in [0.1, 0.15) is 5.82 Å². The molecule has 0 fully saturated rings. The molecule has 0 unspecified atom stereocenters. The van der Waals surface area contributed by atoms with Gasteiger partial charge in [0, 0.05) is 6.04 Å². The molecule has 0 aliphatic carbocycles. The van der Waals surface area contributed by atoms with Gasteiger partial charge in [-0.15, -0.1) is 0 Å². The van der Waals surface area contributed by atoms with E-state index < -0.39 is 11.0 Å². The SMILES string of the molecule is C[C@@H](N[S@@](=O)C(C)(C)C)c1cccc(F)c1. The molecule has 0 amide bonds. The second-order valence-electron chi connectivity index (χ2n) is 4.78. The minimum Gasteiger partial charge on any atom is -0.242 e. The highest BCUT2D eigenvalue weighted by molar-refractivity contribution is 7.84. The Morgan fingerprint density at radius 3 is 2.50 bits per heavy atom. The molecule has 2 atom stereocenters. The molecule has 0 aliphatic heterocycles. The van der Waals surface area contributed by atoms with Gasteiger partial charge >= 0.3 is 0 Å². The third-order valence-corrected chi connectivity index (χ3v) is 3.87. The van der Waals surface area contributed by atoms with Crippen molar-refractivity contribution in [2.24, 2.45) is 0 Å². The fourth-order valence-corrected chi connectivity index (χ4v) is 1.99. The highest BCUT2D eigenvalue weighted by Gasteiger charge is 2.21. The van der Waals surface area contributed by atoms with E-state index in [1.165, 1.54) is 12.1 Å². The normalized spacial score (nSPS) is 15.8. The van der Waals surface area contributed by atoms with Gasteiger partial charge < -0.3 is 0 Å². The summed E-state index contributed by atoms with van der Waals surface area (Å²) in [5, 5.41) is 0. The topological polar surface area (TPSA) is 29.1 Å². The molecule has 1 aromatic carbocycles. The largest absolute Gasteiger partial charge is 0.242 e. The van der Waals surface area contributed by atoms with Crippen molar-refractivity contribution >= 4 is 11.0 Å². The van der Waals surface area contributed by atoms with Crippen LogP contribution in [0.3, 0.4) is 0 Å². The first-order valence-electron chi connectivity index (χ1n) is 5.24. The molecule has 0 aliphatic rings. The van der Waals surface area contributed by atoms with E-state index in [2.05, 4.69) is 4.72 Å². The fourth-order valence-electron chi connectivity index (χ4n) is 1.18. The van der Waals surface area contributed by atoms with Crippen LogP contribution in [0.4, 0.5) is 4.39 Å².